The van der Waals surface area contributed by atoms with Crippen molar-refractivity contribution < 1.29 is 24.2 Å². The molecule has 39 heavy (non-hydrogen) atoms. The van der Waals surface area contributed by atoms with E-state index < -0.39 is 29.6 Å². The summed E-state index contributed by atoms with van der Waals surface area (Å²) in [5.41, 5.74) is -0.0170. The smallest absolute Gasteiger partial charge is 0.248 e. The number of benzene rings is 1. The Hall–Kier alpha value is -2.97. The molecule has 2 bridgehead atoms. The molecule has 3 fully saturated rings. The van der Waals surface area contributed by atoms with Gasteiger partial charge in [0.25, 0.3) is 0 Å². The summed E-state index contributed by atoms with van der Waals surface area (Å²) in [5, 5.41) is 9.24. The minimum absolute atomic E-state index is 0.0812. The first kappa shape index (κ1) is 29.0. The van der Waals surface area contributed by atoms with Crippen molar-refractivity contribution in [2.75, 3.05) is 26.2 Å². The molecule has 3 heterocycles. The highest BCUT2D eigenvalue weighted by Gasteiger charge is 2.74. The van der Waals surface area contributed by atoms with E-state index in [0.29, 0.717) is 51.9 Å². The van der Waals surface area contributed by atoms with Crippen LogP contribution in [0, 0.1) is 11.8 Å². The van der Waals surface area contributed by atoms with Crippen molar-refractivity contribution in [3.8, 4) is 0 Å². The van der Waals surface area contributed by atoms with Crippen molar-refractivity contribution in [2.24, 2.45) is 11.8 Å². The van der Waals surface area contributed by atoms with Gasteiger partial charge in [0.1, 0.15) is 11.6 Å². The van der Waals surface area contributed by atoms with Gasteiger partial charge in [-0.3, -0.25) is 14.4 Å². The molecule has 8 heteroatoms. The van der Waals surface area contributed by atoms with Crippen molar-refractivity contribution >= 4 is 17.7 Å². The van der Waals surface area contributed by atoms with Gasteiger partial charge in [0.2, 0.25) is 17.7 Å². The van der Waals surface area contributed by atoms with E-state index in [1.54, 1.807) is 26.9 Å². The normalized spacial score (nSPS) is 27.1. The van der Waals surface area contributed by atoms with Crippen LogP contribution in [-0.4, -0.2) is 87.6 Å². The number of aliphatic hydroxyl groups is 1. The van der Waals surface area contributed by atoms with E-state index in [9.17, 15) is 19.5 Å². The summed E-state index contributed by atoms with van der Waals surface area (Å²) in [7, 11) is 0. The Bertz CT molecular complexity index is 1060. The maximum absolute atomic E-state index is 14.2. The lowest BCUT2D eigenvalue weighted by Gasteiger charge is -2.38. The number of likely N-dealkylation sites (tertiary alicyclic amines) is 1. The Balaban J connectivity index is 1.68. The minimum atomic E-state index is -1.02. The molecule has 0 saturated carbocycles. The molecule has 1 aromatic carbocycles. The van der Waals surface area contributed by atoms with Crippen molar-refractivity contribution in [3.05, 3.63) is 61.2 Å². The van der Waals surface area contributed by atoms with Gasteiger partial charge in [-0.25, -0.2) is 0 Å². The molecule has 3 aliphatic heterocycles. The Labute approximate surface area is 232 Å². The van der Waals surface area contributed by atoms with Crippen LogP contribution in [0.1, 0.15) is 51.5 Å². The largest absolute Gasteiger partial charge is 0.396 e. The summed E-state index contributed by atoms with van der Waals surface area (Å²) in [6, 6.07) is 8.91. The molecule has 3 amide bonds. The van der Waals surface area contributed by atoms with Crippen molar-refractivity contribution in [1.82, 2.24) is 14.7 Å². The Morgan fingerprint density at radius 2 is 1.85 bits per heavy atom. The molecule has 1 N–H and O–H groups in total. The van der Waals surface area contributed by atoms with Crippen molar-refractivity contribution in [3.63, 3.8) is 0 Å². The van der Waals surface area contributed by atoms with Gasteiger partial charge in [-0.1, -0.05) is 42.5 Å². The maximum Gasteiger partial charge on any atom is 0.248 e. The molecule has 0 aliphatic carbocycles. The van der Waals surface area contributed by atoms with E-state index in [4.69, 9.17) is 4.74 Å². The molecule has 5 atom stereocenters. The standard InChI is InChI=1S/C31H43N3O5/c1-5-17-32(21-23-13-9-7-10-14-23)28(36)25-24-15-16-31(39-24)26(25)29(37)34(19-11-8-12-20-35)27(31)30(38)33(18-6-2)22(3)4/h5-7,9-10,13-14,22,24-27,35H,1-2,8,11-12,15-21H2,3-4H3/t24-,25+,26-,27?,31?/m0/s1. The summed E-state index contributed by atoms with van der Waals surface area (Å²) in [5.74, 6) is -1.78. The number of rotatable bonds is 14. The summed E-state index contributed by atoms with van der Waals surface area (Å²) >= 11 is 0. The second-order valence-electron chi connectivity index (χ2n) is 11.2. The van der Waals surface area contributed by atoms with Crippen LogP contribution < -0.4 is 0 Å². The van der Waals surface area contributed by atoms with Crippen molar-refractivity contribution in [2.45, 2.75) is 76.3 Å². The van der Waals surface area contributed by atoms with Crippen LogP contribution in [0.25, 0.3) is 0 Å². The van der Waals surface area contributed by atoms with Gasteiger partial charge in [0.05, 0.1) is 17.9 Å². The molecular formula is C31H43N3O5. The average Bonchev–Trinajstić information content (AvgIpc) is 3.56. The highest BCUT2D eigenvalue weighted by Crippen LogP contribution is 2.59. The fourth-order valence-electron chi connectivity index (χ4n) is 6.78. The SMILES string of the molecule is C=CCN(Cc1ccccc1)C(=O)[C@@H]1[C@@H]2CCC3(O2)C(C(=O)N(CC=C)C(C)C)N(CCCCCO)C(=O)[C@H]13. The summed E-state index contributed by atoms with van der Waals surface area (Å²) in [4.78, 5) is 47.6. The zero-order chi connectivity index (χ0) is 28.2. The van der Waals surface area contributed by atoms with E-state index in [2.05, 4.69) is 13.2 Å². The summed E-state index contributed by atoms with van der Waals surface area (Å²) in [6.07, 6.45) is 6.27. The van der Waals surface area contributed by atoms with E-state index in [1.165, 1.54) is 0 Å². The van der Waals surface area contributed by atoms with Gasteiger partial charge < -0.3 is 24.5 Å². The lowest BCUT2D eigenvalue weighted by atomic mass is 9.70. The van der Waals surface area contributed by atoms with Crippen molar-refractivity contribution in [1.29, 1.82) is 0 Å². The third-order valence-corrected chi connectivity index (χ3v) is 8.49. The van der Waals surface area contributed by atoms with Gasteiger partial charge in [-0.2, -0.15) is 0 Å². The fraction of sp³-hybridized carbons (Fsp3) is 0.581. The van der Waals surface area contributed by atoms with Gasteiger partial charge in [-0.15, -0.1) is 13.2 Å². The molecule has 1 spiro atoms. The van der Waals surface area contributed by atoms with Gasteiger partial charge in [0.15, 0.2) is 0 Å². The monoisotopic (exact) mass is 537 g/mol. The highest BCUT2D eigenvalue weighted by molar-refractivity contribution is 5.99. The zero-order valence-corrected chi connectivity index (χ0v) is 23.3. The molecule has 3 aliphatic rings. The number of hydrogen-bond donors (Lipinski definition) is 1. The first-order valence-corrected chi connectivity index (χ1v) is 14.2. The number of aliphatic hydroxyl groups excluding tert-OH is 1. The zero-order valence-electron chi connectivity index (χ0n) is 23.3. The number of unbranched alkanes of at least 4 members (excludes halogenated alkanes) is 2. The van der Waals surface area contributed by atoms with Crippen LogP contribution in [0.5, 0.6) is 0 Å². The van der Waals surface area contributed by atoms with Gasteiger partial charge >= 0.3 is 0 Å². The predicted octanol–water partition coefficient (Wildman–Crippen LogP) is 3.16. The third kappa shape index (κ3) is 5.41. The third-order valence-electron chi connectivity index (χ3n) is 8.49. The molecule has 8 nitrogen and oxygen atoms in total. The molecular weight excluding hydrogens is 494 g/mol. The van der Waals surface area contributed by atoms with E-state index >= 15 is 0 Å². The van der Waals surface area contributed by atoms with Crippen LogP contribution in [0.15, 0.2) is 55.6 Å². The number of hydrogen-bond acceptors (Lipinski definition) is 5. The Morgan fingerprint density at radius 1 is 1.13 bits per heavy atom. The quantitative estimate of drug-likeness (QED) is 0.291. The van der Waals surface area contributed by atoms with Crippen LogP contribution in [-0.2, 0) is 25.7 Å². The molecule has 1 aromatic rings. The van der Waals surface area contributed by atoms with Crippen LogP contribution in [0.2, 0.25) is 0 Å². The molecule has 2 unspecified atom stereocenters. The molecule has 212 valence electrons. The van der Waals surface area contributed by atoms with Crippen LogP contribution in [0.3, 0.4) is 0 Å². The molecule has 0 aromatic heterocycles. The Morgan fingerprint density at radius 3 is 2.49 bits per heavy atom. The fourth-order valence-corrected chi connectivity index (χ4v) is 6.78. The molecule has 4 rings (SSSR count). The molecule has 0 radical (unpaired) electrons. The van der Waals surface area contributed by atoms with E-state index in [0.717, 1.165) is 12.0 Å². The second kappa shape index (κ2) is 12.5. The number of nitrogens with zero attached hydrogens (tertiary/aromatic N) is 3. The van der Waals surface area contributed by atoms with E-state index in [1.807, 2.05) is 44.2 Å². The first-order chi connectivity index (χ1) is 18.8. The van der Waals surface area contributed by atoms with E-state index in [-0.39, 0.29) is 30.4 Å². The number of ether oxygens (including phenoxy) is 1. The summed E-state index contributed by atoms with van der Waals surface area (Å²) in [6.45, 7) is 13.2. The predicted molar refractivity (Wildman–Crippen MR) is 149 cm³/mol. The van der Waals surface area contributed by atoms with Gasteiger partial charge in [0, 0.05) is 38.8 Å². The average molecular weight is 538 g/mol. The van der Waals surface area contributed by atoms with Crippen LogP contribution >= 0.6 is 0 Å². The highest BCUT2D eigenvalue weighted by atomic mass is 16.5. The minimum Gasteiger partial charge on any atom is -0.396 e. The maximum atomic E-state index is 14.2. The van der Waals surface area contributed by atoms with Crippen LogP contribution in [0.4, 0.5) is 0 Å². The number of fused-ring (bicyclic) bond motifs is 1. The molecule has 3 saturated heterocycles. The topological polar surface area (TPSA) is 90.4 Å². The number of carbonyl (C=O) groups excluding carboxylic acids is 3. The Kier molecular flexibility index (Phi) is 9.28. The number of amides is 3. The van der Waals surface area contributed by atoms with Gasteiger partial charge in [-0.05, 0) is 51.5 Å². The summed E-state index contributed by atoms with van der Waals surface area (Å²) < 4.78 is 6.62. The lowest BCUT2D eigenvalue weighted by Crippen LogP contribution is -2.57. The first-order valence-electron chi connectivity index (χ1n) is 14.2. The number of carbonyl (C=O) groups is 3. The second-order valence-corrected chi connectivity index (χ2v) is 11.2. The lowest BCUT2D eigenvalue weighted by molar-refractivity contribution is -0.149.